The van der Waals surface area contributed by atoms with E-state index >= 15 is 0 Å². The Morgan fingerprint density at radius 2 is 2.00 bits per heavy atom. The summed E-state index contributed by atoms with van der Waals surface area (Å²) in [6.07, 6.45) is 0.642. The minimum Gasteiger partial charge on any atom is -0.495 e. The number of para-hydroxylation sites is 1. The normalized spacial score (nSPS) is 11.2. The first-order valence-electron chi connectivity index (χ1n) is 6.72. The van der Waals surface area contributed by atoms with Crippen LogP contribution in [0.3, 0.4) is 0 Å². The van der Waals surface area contributed by atoms with Gasteiger partial charge in [-0.2, -0.15) is 0 Å². The lowest BCUT2D eigenvalue weighted by atomic mass is 10.3. The van der Waals surface area contributed by atoms with Gasteiger partial charge in [0, 0.05) is 20.0 Å². The van der Waals surface area contributed by atoms with Crippen LogP contribution in [0.1, 0.15) is 12.8 Å². The van der Waals surface area contributed by atoms with Crippen LogP contribution in [0.15, 0.2) is 29.2 Å². The predicted molar refractivity (Wildman–Crippen MR) is 81.0 cm³/mol. The molecule has 0 saturated heterocycles. The van der Waals surface area contributed by atoms with Gasteiger partial charge < -0.3 is 15.4 Å². The molecule has 7 heteroatoms. The number of amides is 1. The third-order valence-corrected chi connectivity index (χ3v) is 4.86. The van der Waals surface area contributed by atoms with Crippen molar-refractivity contribution in [1.82, 2.24) is 4.90 Å². The number of rotatable bonds is 8. The fourth-order valence-corrected chi connectivity index (χ4v) is 3.26. The lowest BCUT2D eigenvalue weighted by Gasteiger charge is -2.16. The summed E-state index contributed by atoms with van der Waals surface area (Å²) in [5, 5.41) is 0. The topological polar surface area (TPSA) is 89.7 Å². The fourth-order valence-electron chi connectivity index (χ4n) is 1.85. The maximum atomic E-state index is 12.3. The molecule has 0 saturated carbocycles. The van der Waals surface area contributed by atoms with Crippen molar-refractivity contribution in [3.63, 3.8) is 0 Å². The summed E-state index contributed by atoms with van der Waals surface area (Å²) in [7, 11) is -0.486. The Hall–Kier alpha value is -1.60. The Bertz CT molecular complexity index is 572. The average Bonchev–Trinajstić information content (AvgIpc) is 2.50. The molecule has 0 aliphatic rings. The van der Waals surface area contributed by atoms with Gasteiger partial charge in [-0.15, -0.1) is 0 Å². The number of hydrogen-bond acceptors (Lipinski definition) is 5. The van der Waals surface area contributed by atoms with Crippen molar-refractivity contribution in [3.05, 3.63) is 24.3 Å². The van der Waals surface area contributed by atoms with Crippen molar-refractivity contribution >= 4 is 15.7 Å². The van der Waals surface area contributed by atoms with Crippen LogP contribution in [0.4, 0.5) is 0 Å². The first-order valence-corrected chi connectivity index (χ1v) is 8.37. The molecule has 0 aliphatic heterocycles. The SMILES string of the molecule is COc1ccccc1S(=O)(=O)CCC(=O)N(C)CCCN. The molecule has 0 unspecified atom stereocenters. The molecule has 118 valence electrons. The highest BCUT2D eigenvalue weighted by molar-refractivity contribution is 7.91. The largest absolute Gasteiger partial charge is 0.495 e. The van der Waals surface area contributed by atoms with Crippen LogP contribution in [0.5, 0.6) is 5.75 Å². The van der Waals surface area contributed by atoms with Crippen molar-refractivity contribution in [3.8, 4) is 5.75 Å². The second-order valence-corrected chi connectivity index (χ2v) is 6.75. The first-order chi connectivity index (χ1) is 9.92. The molecule has 0 atom stereocenters. The molecule has 0 aliphatic carbocycles. The molecule has 1 rings (SSSR count). The van der Waals surface area contributed by atoms with Crippen LogP contribution >= 0.6 is 0 Å². The summed E-state index contributed by atoms with van der Waals surface area (Å²) in [5.41, 5.74) is 5.38. The summed E-state index contributed by atoms with van der Waals surface area (Å²) in [6, 6.07) is 6.40. The molecule has 0 fully saturated rings. The molecule has 0 spiro atoms. The lowest BCUT2D eigenvalue weighted by Crippen LogP contribution is -2.30. The van der Waals surface area contributed by atoms with Gasteiger partial charge in [-0.05, 0) is 25.1 Å². The first kappa shape index (κ1) is 17.5. The second-order valence-electron chi connectivity index (χ2n) is 4.68. The Labute approximate surface area is 125 Å². The van der Waals surface area contributed by atoms with Gasteiger partial charge in [-0.25, -0.2) is 8.42 Å². The number of hydrogen-bond donors (Lipinski definition) is 1. The average molecular weight is 314 g/mol. The molecule has 0 bridgehead atoms. The van der Waals surface area contributed by atoms with Gasteiger partial charge >= 0.3 is 0 Å². The molecule has 1 aromatic carbocycles. The summed E-state index contributed by atoms with van der Waals surface area (Å²) in [5.74, 6) is -0.150. The van der Waals surface area contributed by atoms with Crippen LogP contribution in [0.25, 0.3) is 0 Å². The Morgan fingerprint density at radius 3 is 2.62 bits per heavy atom. The van der Waals surface area contributed by atoms with Crippen molar-refractivity contribution < 1.29 is 17.9 Å². The molecule has 6 nitrogen and oxygen atoms in total. The van der Waals surface area contributed by atoms with Crippen LogP contribution in [0.2, 0.25) is 0 Å². The zero-order chi connectivity index (χ0) is 15.9. The maximum Gasteiger partial charge on any atom is 0.223 e. The molecule has 1 amide bonds. The minimum atomic E-state index is -3.55. The van der Waals surface area contributed by atoms with Crippen molar-refractivity contribution in [1.29, 1.82) is 0 Å². The molecular weight excluding hydrogens is 292 g/mol. The van der Waals surface area contributed by atoms with E-state index in [4.69, 9.17) is 10.5 Å². The number of carbonyl (C=O) groups excluding carboxylic acids is 1. The van der Waals surface area contributed by atoms with Gasteiger partial charge in [-0.3, -0.25) is 4.79 Å². The number of ether oxygens (including phenoxy) is 1. The van der Waals surface area contributed by atoms with Crippen molar-refractivity contribution in [2.24, 2.45) is 5.73 Å². The summed E-state index contributed by atoms with van der Waals surface area (Å²) < 4.78 is 29.6. The lowest BCUT2D eigenvalue weighted by molar-refractivity contribution is -0.129. The molecular formula is C14H22N2O4S. The molecule has 0 radical (unpaired) electrons. The van der Waals surface area contributed by atoms with Crippen LogP contribution < -0.4 is 10.5 Å². The van der Waals surface area contributed by atoms with Gasteiger partial charge in [0.05, 0.1) is 12.9 Å². The van der Waals surface area contributed by atoms with E-state index in [-0.39, 0.29) is 23.0 Å². The minimum absolute atomic E-state index is 0.0541. The monoisotopic (exact) mass is 314 g/mol. The number of sulfone groups is 1. The Morgan fingerprint density at radius 1 is 1.33 bits per heavy atom. The molecule has 1 aromatic rings. The predicted octanol–water partition coefficient (Wildman–Crippen LogP) is 0.666. The van der Waals surface area contributed by atoms with E-state index in [2.05, 4.69) is 0 Å². The van der Waals surface area contributed by atoms with E-state index in [1.165, 1.54) is 18.1 Å². The van der Waals surface area contributed by atoms with Gasteiger partial charge in [0.1, 0.15) is 10.6 Å². The van der Waals surface area contributed by atoms with Crippen molar-refractivity contribution in [2.45, 2.75) is 17.7 Å². The summed E-state index contributed by atoms with van der Waals surface area (Å²) >= 11 is 0. The molecule has 2 N–H and O–H groups in total. The smallest absolute Gasteiger partial charge is 0.223 e. The molecule has 0 heterocycles. The highest BCUT2D eigenvalue weighted by Crippen LogP contribution is 2.24. The van der Waals surface area contributed by atoms with Crippen LogP contribution in [-0.4, -0.2) is 52.2 Å². The van der Waals surface area contributed by atoms with Crippen LogP contribution in [-0.2, 0) is 14.6 Å². The molecule has 21 heavy (non-hydrogen) atoms. The standard InChI is InChI=1S/C14H22N2O4S/c1-16(10-5-9-15)14(17)8-11-21(18,19)13-7-4-3-6-12(13)20-2/h3-4,6-7H,5,8-11,15H2,1-2H3. The third-order valence-electron chi connectivity index (χ3n) is 3.11. The Kier molecular flexibility index (Phi) is 6.64. The summed E-state index contributed by atoms with van der Waals surface area (Å²) in [4.78, 5) is 13.5. The number of nitrogens with two attached hydrogens (primary N) is 1. The highest BCUT2D eigenvalue weighted by atomic mass is 32.2. The van der Waals surface area contributed by atoms with E-state index in [9.17, 15) is 13.2 Å². The number of carbonyl (C=O) groups is 1. The number of benzene rings is 1. The zero-order valence-corrected chi connectivity index (χ0v) is 13.2. The van der Waals surface area contributed by atoms with E-state index in [1.807, 2.05) is 0 Å². The van der Waals surface area contributed by atoms with Gasteiger partial charge in [0.25, 0.3) is 0 Å². The second kappa shape index (κ2) is 7.99. The Balaban J connectivity index is 2.71. The number of methoxy groups -OCH3 is 1. The van der Waals surface area contributed by atoms with Gasteiger partial charge in [0.15, 0.2) is 9.84 Å². The third kappa shape index (κ3) is 5.02. The van der Waals surface area contributed by atoms with Gasteiger partial charge in [-0.1, -0.05) is 12.1 Å². The van der Waals surface area contributed by atoms with E-state index < -0.39 is 9.84 Å². The highest BCUT2D eigenvalue weighted by Gasteiger charge is 2.21. The van der Waals surface area contributed by atoms with E-state index in [0.717, 1.165) is 0 Å². The quantitative estimate of drug-likeness (QED) is 0.761. The zero-order valence-electron chi connectivity index (χ0n) is 12.4. The van der Waals surface area contributed by atoms with Crippen molar-refractivity contribution in [2.75, 3.05) is 33.0 Å². The molecule has 0 aromatic heterocycles. The number of nitrogens with zero attached hydrogens (tertiary/aromatic N) is 1. The van der Waals surface area contributed by atoms with E-state index in [0.29, 0.717) is 25.3 Å². The fraction of sp³-hybridized carbons (Fsp3) is 0.500. The summed E-state index contributed by atoms with van der Waals surface area (Å²) in [6.45, 7) is 1.03. The van der Waals surface area contributed by atoms with Gasteiger partial charge in [0.2, 0.25) is 5.91 Å². The maximum absolute atomic E-state index is 12.3. The van der Waals surface area contributed by atoms with E-state index in [1.54, 1.807) is 25.2 Å². The van der Waals surface area contributed by atoms with Crippen LogP contribution in [0, 0.1) is 0 Å².